The molecule has 0 unspecified atom stereocenters. The van der Waals surface area contributed by atoms with Crippen LogP contribution in [0.2, 0.25) is 0 Å². The van der Waals surface area contributed by atoms with Gasteiger partial charge in [-0.25, -0.2) is 4.79 Å². The molecule has 0 amide bonds. The van der Waals surface area contributed by atoms with Crippen LogP contribution < -0.4 is 0 Å². The molecule has 26 heavy (non-hydrogen) atoms. The van der Waals surface area contributed by atoms with Crippen LogP contribution in [0.1, 0.15) is 55.6 Å². The number of aromatic nitrogens is 2. The Kier molecular flexibility index (Phi) is 4.89. The van der Waals surface area contributed by atoms with Gasteiger partial charge in [-0.05, 0) is 42.2 Å². The van der Waals surface area contributed by atoms with Gasteiger partial charge in [-0.2, -0.15) is 0 Å². The van der Waals surface area contributed by atoms with Gasteiger partial charge in [0.05, 0.1) is 5.56 Å². The number of esters is 1. The second-order valence-electron chi connectivity index (χ2n) is 7.19. The van der Waals surface area contributed by atoms with Crippen LogP contribution in [-0.4, -0.2) is 16.2 Å². The molecule has 0 spiro atoms. The quantitative estimate of drug-likeness (QED) is 0.623. The number of ether oxygens (including phenoxy) is 1. The van der Waals surface area contributed by atoms with E-state index in [-0.39, 0.29) is 11.3 Å². The van der Waals surface area contributed by atoms with Gasteiger partial charge in [0.15, 0.2) is 6.10 Å². The second-order valence-corrected chi connectivity index (χ2v) is 7.19. The summed E-state index contributed by atoms with van der Waals surface area (Å²) in [5.41, 5.74) is 2.51. The molecule has 0 fully saturated rings. The maximum absolute atomic E-state index is 12.4. The predicted molar refractivity (Wildman–Crippen MR) is 98.7 cm³/mol. The number of hydrogen-bond acceptors (Lipinski definition) is 5. The minimum Gasteiger partial charge on any atom is -0.449 e. The van der Waals surface area contributed by atoms with Crippen molar-refractivity contribution in [1.82, 2.24) is 10.2 Å². The number of carbonyl (C=O) groups is 1. The predicted octanol–water partition coefficient (Wildman–Crippen LogP) is 4.95. The first-order chi connectivity index (χ1) is 12.3. The van der Waals surface area contributed by atoms with E-state index in [1.54, 1.807) is 19.1 Å². The first-order valence-electron chi connectivity index (χ1n) is 8.55. The first kappa shape index (κ1) is 17.9. The standard InChI is InChI=1S/C21H22N2O3/c1-14(18-22-23-19(26-18)15-8-6-5-7-9-15)25-20(24)16-10-12-17(13-11-16)21(2,3)4/h5-14H,1-4H3/t14-/m1/s1. The molecule has 0 N–H and O–H groups in total. The molecule has 0 radical (unpaired) electrons. The summed E-state index contributed by atoms with van der Waals surface area (Å²) in [5, 5.41) is 8.01. The molecule has 3 rings (SSSR count). The van der Waals surface area contributed by atoms with Gasteiger partial charge in [0.2, 0.25) is 5.89 Å². The summed E-state index contributed by atoms with van der Waals surface area (Å²) in [6.07, 6.45) is -0.630. The van der Waals surface area contributed by atoms with E-state index in [0.29, 0.717) is 11.5 Å². The van der Waals surface area contributed by atoms with Gasteiger partial charge in [0.25, 0.3) is 5.89 Å². The van der Waals surface area contributed by atoms with E-state index in [9.17, 15) is 4.79 Å². The summed E-state index contributed by atoms with van der Waals surface area (Å²) in [4.78, 5) is 12.4. The molecule has 3 aromatic rings. The minimum absolute atomic E-state index is 0.0350. The molecule has 0 aliphatic rings. The highest BCUT2D eigenvalue weighted by molar-refractivity contribution is 5.89. The van der Waals surface area contributed by atoms with Crippen molar-refractivity contribution in [3.8, 4) is 11.5 Å². The van der Waals surface area contributed by atoms with E-state index >= 15 is 0 Å². The lowest BCUT2D eigenvalue weighted by Crippen LogP contribution is -2.13. The van der Waals surface area contributed by atoms with Gasteiger partial charge in [0.1, 0.15) is 0 Å². The van der Waals surface area contributed by atoms with Gasteiger partial charge >= 0.3 is 5.97 Å². The van der Waals surface area contributed by atoms with Crippen molar-refractivity contribution in [1.29, 1.82) is 0 Å². The smallest absolute Gasteiger partial charge is 0.338 e. The van der Waals surface area contributed by atoms with Crippen molar-refractivity contribution in [2.24, 2.45) is 0 Å². The average molecular weight is 350 g/mol. The summed E-state index contributed by atoms with van der Waals surface area (Å²) < 4.78 is 11.1. The fourth-order valence-corrected chi connectivity index (χ4v) is 2.48. The number of hydrogen-bond donors (Lipinski definition) is 0. The molecule has 134 valence electrons. The van der Waals surface area contributed by atoms with Crippen molar-refractivity contribution < 1.29 is 13.9 Å². The normalized spacial score (nSPS) is 12.6. The zero-order chi connectivity index (χ0) is 18.7. The number of rotatable bonds is 4. The molecule has 1 aromatic heterocycles. The summed E-state index contributed by atoms with van der Waals surface area (Å²) in [7, 11) is 0. The number of carbonyl (C=O) groups excluding carboxylic acids is 1. The molecule has 0 aliphatic heterocycles. The van der Waals surface area contributed by atoms with Crippen LogP contribution in [0.5, 0.6) is 0 Å². The number of benzene rings is 2. The van der Waals surface area contributed by atoms with Crippen molar-refractivity contribution in [2.45, 2.75) is 39.2 Å². The highest BCUT2D eigenvalue weighted by Gasteiger charge is 2.20. The van der Waals surface area contributed by atoms with Crippen molar-refractivity contribution >= 4 is 5.97 Å². The molecule has 5 nitrogen and oxygen atoms in total. The van der Waals surface area contributed by atoms with Crippen LogP contribution in [0.25, 0.3) is 11.5 Å². The fourth-order valence-electron chi connectivity index (χ4n) is 2.48. The molecule has 1 heterocycles. The molecule has 0 bridgehead atoms. The molecule has 0 saturated heterocycles. The highest BCUT2D eigenvalue weighted by Crippen LogP contribution is 2.25. The third-order valence-corrected chi connectivity index (χ3v) is 4.08. The molecule has 2 aromatic carbocycles. The average Bonchev–Trinajstić information content (AvgIpc) is 3.12. The van der Waals surface area contributed by atoms with E-state index in [1.807, 2.05) is 42.5 Å². The third kappa shape index (κ3) is 3.99. The fraction of sp³-hybridized carbons (Fsp3) is 0.286. The van der Waals surface area contributed by atoms with Crippen LogP contribution in [0.15, 0.2) is 59.0 Å². The molecule has 0 aliphatic carbocycles. The van der Waals surface area contributed by atoms with Crippen LogP contribution in [0, 0.1) is 0 Å². The lowest BCUT2D eigenvalue weighted by Gasteiger charge is -2.19. The Balaban J connectivity index is 1.69. The van der Waals surface area contributed by atoms with Crippen molar-refractivity contribution in [3.63, 3.8) is 0 Å². The summed E-state index contributed by atoms with van der Waals surface area (Å²) >= 11 is 0. The molecule has 5 heteroatoms. The van der Waals surface area contributed by atoms with Crippen molar-refractivity contribution in [3.05, 3.63) is 71.6 Å². The van der Waals surface area contributed by atoms with Gasteiger partial charge in [-0.1, -0.05) is 51.1 Å². The second kappa shape index (κ2) is 7.12. The largest absolute Gasteiger partial charge is 0.449 e. The zero-order valence-electron chi connectivity index (χ0n) is 15.4. The number of nitrogens with zero attached hydrogens (tertiary/aromatic N) is 2. The van der Waals surface area contributed by atoms with Crippen molar-refractivity contribution in [2.75, 3.05) is 0 Å². The molecular weight excluding hydrogens is 328 g/mol. The van der Waals surface area contributed by atoms with Gasteiger partial charge in [-0.15, -0.1) is 10.2 Å². The highest BCUT2D eigenvalue weighted by atomic mass is 16.6. The zero-order valence-corrected chi connectivity index (χ0v) is 15.4. The topological polar surface area (TPSA) is 65.2 Å². The Morgan fingerprint density at radius 2 is 1.65 bits per heavy atom. The van der Waals surface area contributed by atoms with E-state index in [1.165, 1.54) is 0 Å². The summed E-state index contributed by atoms with van der Waals surface area (Å²) in [6.45, 7) is 8.09. The Hall–Kier alpha value is -2.95. The van der Waals surface area contributed by atoms with E-state index < -0.39 is 12.1 Å². The maximum Gasteiger partial charge on any atom is 0.338 e. The summed E-state index contributed by atoms with van der Waals surface area (Å²) in [5.74, 6) is 0.249. The van der Waals surface area contributed by atoms with Gasteiger partial charge in [-0.3, -0.25) is 0 Å². The third-order valence-electron chi connectivity index (χ3n) is 4.08. The van der Waals surface area contributed by atoms with Crippen LogP contribution >= 0.6 is 0 Å². The monoisotopic (exact) mass is 350 g/mol. The van der Waals surface area contributed by atoms with Crippen LogP contribution in [0.3, 0.4) is 0 Å². The molecule has 1 atom stereocenters. The molecular formula is C21H22N2O3. The van der Waals surface area contributed by atoms with E-state index in [2.05, 4.69) is 31.0 Å². The summed E-state index contributed by atoms with van der Waals surface area (Å²) in [6, 6.07) is 16.9. The lowest BCUT2D eigenvalue weighted by atomic mass is 9.87. The maximum atomic E-state index is 12.4. The van der Waals surface area contributed by atoms with Gasteiger partial charge in [0, 0.05) is 5.56 Å². The van der Waals surface area contributed by atoms with E-state index in [4.69, 9.17) is 9.15 Å². The first-order valence-corrected chi connectivity index (χ1v) is 8.55. The lowest BCUT2D eigenvalue weighted by molar-refractivity contribution is 0.0280. The Labute approximate surface area is 153 Å². The minimum atomic E-state index is -0.630. The SMILES string of the molecule is C[C@@H](OC(=O)c1ccc(C(C)(C)C)cc1)c1nnc(-c2ccccc2)o1. The Morgan fingerprint density at radius 3 is 2.27 bits per heavy atom. The Morgan fingerprint density at radius 1 is 1.00 bits per heavy atom. The molecule has 0 saturated carbocycles. The van der Waals surface area contributed by atoms with E-state index in [0.717, 1.165) is 11.1 Å². The van der Waals surface area contributed by atoms with Crippen LogP contribution in [-0.2, 0) is 10.2 Å². The Bertz CT molecular complexity index is 878. The van der Waals surface area contributed by atoms with Crippen LogP contribution in [0.4, 0.5) is 0 Å². The van der Waals surface area contributed by atoms with Gasteiger partial charge < -0.3 is 9.15 Å².